The predicted molar refractivity (Wildman–Crippen MR) is 121 cm³/mol. The van der Waals surface area contributed by atoms with Gasteiger partial charge in [0.1, 0.15) is 11.6 Å². The van der Waals surface area contributed by atoms with E-state index in [1.807, 2.05) is 19.9 Å². The molecule has 0 bridgehead atoms. The summed E-state index contributed by atoms with van der Waals surface area (Å²) in [7, 11) is 1.72. The molecule has 0 saturated carbocycles. The lowest BCUT2D eigenvalue weighted by Crippen LogP contribution is -2.47. The van der Waals surface area contributed by atoms with Crippen LogP contribution in [0.15, 0.2) is 48.8 Å². The Kier molecular flexibility index (Phi) is 6.16. The van der Waals surface area contributed by atoms with Crippen molar-refractivity contribution in [2.75, 3.05) is 11.9 Å². The average Bonchev–Trinajstić information content (AvgIpc) is 3.20. The van der Waals surface area contributed by atoms with E-state index in [0.717, 1.165) is 12.1 Å². The molecule has 0 saturated heterocycles. The van der Waals surface area contributed by atoms with Crippen LogP contribution in [-0.2, 0) is 11.8 Å². The monoisotopic (exact) mass is 463 g/mol. The summed E-state index contributed by atoms with van der Waals surface area (Å²) in [6.07, 6.45) is 3.29. The van der Waals surface area contributed by atoms with Crippen molar-refractivity contribution < 1.29 is 18.4 Å². The predicted octanol–water partition coefficient (Wildman–Crippen LogP) is 4.15. The van der Waals surface area contributed by atoms with Crippen LogP contribution >= 0.6 is 0 Å². The molecular formula is C25H23F2N5O2. The number of benzene rings is 2. The minimum atomic E-state index is -1.000. The number of carbonyl (C=O) groups is 2. The van der Waals surface area contributed by atoms with E-state index in [1.54, 1.807) is 29.0 Å². The number of rotatable bonds is 5. The van der Waals surface area contributed by atoms with E-state index >= 15 is 0 Å². The molecule has 1 N–H and O–H groups in total. The maximum atomic E-state index is 14.3. The number of carbonyl (C=O) groups excluding carboxylic acids is 2. The zero-order valence-corrected chi connectivity index (χ0v) is 18.9. The highest BCUT2D eigenvalue weighted by Crippen LogP contribution is 2.44. The Hall–Kier alpha value is -4.06. The van der Waals surface area contributed by atoms with Crippen LogP contribution in [0.4, 0.5) is 14.5 Å². The van der Waals surface area contributed by atoms with Crippen LogP contribution in [0.25, 0.3) is 0 Å². The Bertz CT molecular complexity index is 1310. The standard InChI is InChI=1S/C25H23F2N5O2/c1-14(2)12-32-23(16-11-29-31(3)13-16)22(21-9-17(26)4-5-20(21)25(32)34)24(33)30-19-7-15(10-28)6-18(27)8-19/h4-9,11,13-14,22-23H,12H2,1-3H3,(H,30,33)/t22-,23+/m1/s1. The quantitative estimate of drug-likeness (QED) is 0.616. The topological polar surface area (TPSA) is 91.0 Å². The van der Waals surface area contributed by atoms with Crippen molar-refractivity contribution in [3.8, 4) is 6.07 Å². The van der Waals surface area contributed by atoms with E-state index in [1.165, 1.54) is 24.3 Å². The Morgan fingerprint density at radius 3 is 2.62 bits per heavy atom. The summed E-state index contributed by atoms with van der Waals surface area (Å²) < 4.78 is 29.9. The van der Waals surface area contributed by atoms with Gasteiger partial charge in [-0.25, -0.2) is 8.78 Å². The number of hydrogen-bond acceptors (Lipinski definition) is 4. The van der Waals surface area contributed by atoms with Crippen molar-refractivity contribution in [2.45, 2.75) is 25.8 Å². The highest BCUT2D eigenvalue weighted by molar-refractivity contribution is 6.04. The number of anilines is 1. The summed E-state index contributed by atoms with van der Waals surface area (Å²) in [4.78, 5) is 28.8. The van der Waals surface area contributed by atoms with Gasteiger partial charge in [0.05, 0.1) is 29.8 Å². The minimum absolute atomic E-state index is 0.0470. The first-order valence-corrected chi connectivity index (χ1v) is 10.8. The van der Waals surface area contributed by atoms with E-state index < -0.39 is 29.5 Å². The van der Waals surface area contributed by atoms with Gasteiger partial charge >= 0.3 is 0 Å². The second kappa shape index (κ2) is 9.06. The van der Waals surface area contributed by atoms with Crippen LogP contribution in [0.3, 0.4) is 0 Å². The first-order valence-electron chi connectivity index (χ1n) is 10.8. The summed E-state index contributed by atoms with van der Waals surface area (Å²) in [6.45, 7) is 4.27. The van der Waals surface area contributed by atoms with Gasteiger partial charge in [0.25, 0.3) is 5.91 Å². The normalized spacial score (nSPS) is 17.4. The van der Waals surface area contributed by atoms with Crippen LogP contribution in [0, 0.1) is 28.9 Å². The zero-order chi connectivity index (χ0) is 24.6. The lowest BCUT2D eigenvalue weighted by molar-refractivity contribution is -0.119. The number of aryl methyl sites for hydroxylation is 1. The molecule has 1 aliphatic heterocycles. The number of fused-ring (bicyclic) bond motifs is 1. The Morgan fingerprint density at radius 1 is 1.21 bits per heavy atom. The third-order valence-electron chi connectivity index (χ3n) is 5.70. The summed E-state index contributed by atoms with van der Waals surface area (Å²) in [6, 6.07) is 8.37. The Morgan fingerprint density at radius 2 is 1.97 bits per heavy atom. The van der Waals surface area contributed by atoms with Gasteiger partial charge in [-0.1, -0.05) is 13.8 Å². The highest BCUT2D eigenvalue weighted by Gasteiger charge is 2.45. The molecule has 2 heterocycles. The first kappa shape index (κ1) is 23.1. The molecule has 3 aromatic rings. The highest BCUT2D eigenvalue weighted by atomic mass is 19.1. The largest absolute Gasteiger partial charge is 0.330 e. The molecule has 1 aliphatic rings. The molecule has 174 valence electrons. The van der Waals surface area contributed by atoms with Crippen LogP contribution < -0.4 is 5.32 Å². The van der Waals surface area contributed by atoms with Gasteiger partial charge < -0.3 is 10.2 Å². The molecule has 4 rings (SSSR count). The molecule has 7 nitrogen and oxygen atoms in total. The molecule has 2 atom stereocenters. The van der Waals surface area contributed by atoms with Crippen LogP contribution in [-0.4, -0.2) is 33.0 Å². The summed E-state index contributed by atoms with van der Waals surface area (Å²) in [5, 5.41) is 16.0. The molecule has 9 heteroatoms. The summed E-state index contributed by atoms with van der Waals surface area (Å²) >= 11 is 0. The maximum Gasteiger partial charge on any atom is 0.254 e. The van der Waals surface area contributed by atoms with Gasteiger partial charge in [0, 0.05) is 36.6 Å². The number of nitriles is 1. The van der Waals surface area contributed by atoms with Gasteiger partial charge in [-0.3, -0.25) is 14.3 Å². The van der Waals surface area contributed by atoms with Crippen molar-refractivity contribution in [1.29, 1.82) is 5.26 Å². The molecule has 0 radical (unpaired) electrons. The van der Waals surface area contributed by atoms with Gasteiger partial charge in [-0.05, 0) is 47.9 Å². The van der Waals surface area contributed by atoms with Crippen molar-refractivity contribution in [3.05, 3.63) is 82.7 Å². The number of aromatic nitrogens is 2. The van der Waals surface area contributed by atoms with E-state index in [-0.39, 0.29) is 34.2 Å². The third-order valence-corrected chi connectivity index (χ3v) is 5.70. The number of amides is 2. The Balaban J connectivity index is 1.86. The number of hydrogen-bond donors (Lipinski definition) is 1. The van der Waals surface area contributed by atoms with E-state index in [4.69, 9.17) is 5.26 Å². The van der Waals surface area contributed by atoms with Crippen molar-refractivity contribution >= 4 is 17.5 Å². The molecular weight excluding hydrogens is 440 g/mol. The molecule has 34 heavy (non-hydrogen) atoms. The summed E-state index contributed by atoms with van der Waals surface area (Å²) in [5.41, 5.74) is 1.23. The fraction of sp³-hybridized carbons (Fsp3) is 0.280. The molecule has 2 aromatic carbocycles. The summed E-state index contributed by atoms with van der Waals surface area (Å²) in [5.74, 6) is -3.03. The molecule has 0 fully saturated rings. The maximum absolute atomic E-state index is 14.3. The average molecular weight is 463 g/mol. The second-order valence-corrected chi connectivity index (χ2v) is 8.78. The lowest BCUT2D eigenvalue weighted by atomic mass is 9.79. The molecule has 0 aliphatic carbocycles. The SMILES string of the molecule is CC(C)CN1C(=O)c2ccc(F)cc2[C@@H](C(=O)Nc2cc(F)cc(C#N)c2)[C@@H]1c1cnn(C)c1. The first-order chi connectivity index (χ1) is 16.2. The fourth-order valence-corrected chi connectivity index (χ4v) is 4.40. The van der Waals surface area contributed by atoms with Gasteiger partial charge in [-0.2, -0.15) is 10.4 Å². The van der Waals surface area contributed by atoms with Crippen molar-refractivity contribution in [2.24, 2.45) is 13.0 Å². The molecule has 0 unspecified atom stereocenters. The smallest absolute Gasteiger partial charge is 0.254 e. The van der Waals surface area contributed by atoms with Crippen LogP contribution in [0.2, 0.25) is 0 Å². The lowest BCUT2D eigenvalue weighted by Gasteiger charge is -2.42. The van der Waals surface area contributed by atoms with Gasteiger partial charge in [0.15, 0.2) is 0 Å². The number of nitrogens with one attached hydrogen (secondary N) is 1. The second-order valence-electron chi connectivity index (χ2n) is 8.78. The van der Waals surface area contributed by atoms with Gasteiger partial charge in [-0.15, -0.1) is 0 Å². The fourth-order valence-electron chi connectivity index (χ4n) is 4.40. The van der Waals surface area contributed by atoms with Crippen LogP contribution in [0.5, 0.6) is 0 Å². The van der Waals surface area contributed by atoms with Crippen molar-refractivity contribution in [3.63, 3.8) is 0 Å². The molecule has 2 amide bonds. The van der Waals surface area contributed by atoms with Crippen molar-refractivity contribution in [1.82, 2.24) is 14.7 Å². The number of nitrogens with zero attached hydrogens (tertiary/aromatic N) is 4. The number of halogens is 2. The Labute approximate surface area is 195 Å². The van der Waals surface area contributed by atoms with E-state index in [2.05, 4.69) is 10.4 Å². The van der Waals surface area contributed by atoms with E-state index in [0.29, 0.717) is 12.1 Å². The van der Waals surface area contributed by atoms with Gasteiger partial charge in [0.2, 0.25) is 5.91 Å². The minimum Gasteiger partial charge on any atom is -0.330 e. The third kappa shape index (κ3) is 4.39. The molecule has 1 aromatic heterocycles. The molecule has 0 spiro atoms. The van der Waals surface area contributed by atoms with Crippen LogP contribution in [0.1, 0.15) is 52.9 Å². The zero-order valence-electron chi connectivity index (χ0n) is 18.9. The van der Waals surface area contributed by atoms with E-state index in [9.17, 15) is 18.4 Å².